The van der Waals surface area contributed by atoms with Crippen molar-refractivity contribution in [2.75, 3.05) is 39.6 Å². The van der Waals surface area contributed by atoms with Crippen LogP contribution < -0.4 is 0 Å². The van der Waals surface area contributed by atoms with Crippen molar-refractivity contribution in [3.05, 3.63) is 0 Å². The molecule has 0 aromatic carbocycles. The molecule has 0 saturated heterocycles. The fourth-order valence-corrected chi connectivity index (χ4v) is 13.6. The number of rotatable bonds is 78. The number of carbonyl (C=O) groups is 4. The molecule has 0 rings (SSSR count). The molecule has 0 radical (unpaired) electrons. The molecule has 0 aliphatic carbocycles. The summed E-state index contributed by atoms with van der Waals surface area (Å²) in [5.41, 5.74) is 0. The smallest absolute Gasteiger partial charge is 0.462 e. The Labute approximate surface area is 594 Å². The molecule has 0 aromatic heterocycles. The van der Waals surface area contributed by atoms with Gasteiger partial charge < -0.3 is 33.8 Å². The first-order valence-electron chi connectivity index (χ1n) is 40.6. The van der Waals surface area contributed by atoms with Gasteiger partial charge >= 0.3 is 39.5 Å². The summed E-state index contributed by atoms with van der Waals surface area (Å²) in [6.45, 7) is 7.29. The van der Waals surface area contributed by atoms with Gasteiger partial charge in [0, 0.05) is 25.7 Å². The molecule has 17 nitrogen and oxygen atoms in total. The molecule has 0 bridgehead atoms. The van der Waals surface area contributed by atoms with Gasteiger partial charge in [-0.25, -0.2) is 9.13 Å². The van der Waals surface area contributed by atoms with Gasteiger partial charge in [-0.15, -0.1) is 0 Å². The third-order valence-corrected chi connectivity index (χ3v) is 20.2. The predicted octanol–water partition coefficient (Wildman–Crippen LogP) is 23.3. The van der Waals surface area contributed by atoms with Crippen LogP contribution in [0.15, 0.2) is 0 Å². The second-order valence-corrected chi connectivity index (χ2v) is 31.5. The Morgan fingerprint density at radius 2 is 0.474 bits per heavy atom. The van der Waals surface area contributed by atoms with Crippen LogP contribution in [0, 0.1) is 5.92 Å². The lowest BCUT2D eigenvalue weighted by Crippen LogP contribution is -2.30. The van der Waals surface area contributed by atoms with Gasteiger partial charge in [-0.1, -0.05) is 362 Å². The monoisotopic (exact) mass is 1420 g/mol. The van der Waals surface area contributed by atoms with Crippen molar-refractivity contribution in [2.45, 2.75) is 432 Å². The van der Waals surface area contributed by atoms with E-state index < -0.39 is 97.5 Å². The average Bonchev–Trinajstić information content (AvgIpc) is 2.08. The number of phosphoric ester groups is 2. The lowest BCUT2D eigenvalue weighted by Gasteiger charge is -2.21. The highest BCUT2D eigenvalue weighted by molar-refractivity contribution is 7.47. The molecule has 19 heteroatoms. The predicted molar refractivity (Wildman–Crippen MR) is 395 cm³/mol. The van der Waals surface area contributed by atoms with Crippen LogP contribution in [-0.2, 0) is 65.4 Å². The molecule has 97 heavy (non-hydrogen) atoms. The number of phosphoric acid groups is 2. The minimum Gasteiger partial charge on any atom is -0.462 e. The summed E-state index contributed by atoms with van der Waals surface area (Å²) in [6, 6.07) is 0. The summed E-state index contributed by atoms with van der Waals surface area (Å²) in [5.74, 6) is -1.37. The fourth-order valence-electron chi connectivity index (χ4n) is 12.1. The van der Waals surface area contributed by atoms with Crippen LogP contribution >= 0.6 is 15.6 Å². The van der Waals surface area contributed by atoms with E-state index in [9.17, 15) is 43.2 Å². The van der Waals surface area contributed by atoms with Gasteiger partial charge in [-0.05, 0) is 31.6 Å². The maximum Gasteiger partial charge on any atom is 0.472 e. The molecule has 3 N–H and O–H groups in total. The summed E-state index contributed by atoms with van der Waals surface area (Å²) in [6.07, 6.45) is 61.0. The summed E-state index contributed by atoms with van der Waals surface area (Å²) in [5, 5.41) is 10.6. The van der Waals surface area contributed by atoms with E-state index >= 15 is 0 Å². The zero-order chi connectivity index (χ0) is 71.2. The van der Waals surface area contributed by atoms with Crippen LogP contribution in [0.25, 0.3) is 0 Å². The van der Waals surface area contributed by atoms with Gasteiger partial charge in [0.05, 0.1) is 26.4 Å². The molecular weight excluding hydrogens is 1270 g/mol. The highest BCUT2D eigenvalue weighted by Gasteiger charge is 2.30. The van der Waals surface area contributed by atoms with Gasteiger partial charge in [-0.3, -0.25) is 37.3 Å². The van der Waals surface area contributed by atoms with Gasteiger partial charge in [0.25, 0.3) is 0 Å². The number of aliphatic hydroxyl groups is 1. The first-order chi connectivity index (χ1) is 47.0. The van der Waals surface area contributed by atoms with Crippen LogP contribution in [0.1, 0.15) is 413 Å². The zero-order valence-electron chi connectivity index (χ0n) is 63.2. The van der Waals surface area contributed by atoms with E-state index in [1.807, 2.05) is 0 Å². The Bertz CT molecular complexity index is 1860. The Morgan fingerprint density at radius 1 is 0.278 bits per heavy atom. The molecule has 0 spiro atoms. The zero-order valence-corrected chi connectivity index (χ0v) is 65.0. The highest BCUT2D eigenvalue weighted by Crippen LogP contribution is 2.45. The highest BCUT2D eigenvalue weighted by atomic mass is 31.2. The van der Waals surface area contributed by atoms with Crippen LogP contribution in [0.4, 0.5) is 0 Å². The minimum absolute atomic E-state index is 0.106. The van der Waals surface area contributed by atoms with Crippen molar-refractivity contribution in [1.29, 1.82) is 0 Å². The van der Waals surface area contributed by atoms with Crippen LogP contribution in [0.2, 0.25) is 0 Å². The van der Waals surface area contributed by atoms with E-state index in [0.29, 0.717) is 25.7 Å². The number of hydrogen-bond donors (Lipinski definition) is 3. The van der Waals surface area contributed by atoms with E-state index in [0.717, 1.165) is 95.8 Å². The maximum atomic E-state index is 13.1. The molecule has 0 aromatic rings. The number of hydrogen-bond acceptors (Lipinski definition) is 15. The molecule has 0 heterocycles. The first kappa shape index (κ1) is 95.1. The second kappa shape index (κ2) is 71.1. The van der Waals surface area contributed by atoms with E-state index in [4.69, 9.17) is 37.0 Å². The van der Waals surface area contributed by atoms with Crippen molar-refractivity contribution in [1.82, 2.24) is 0 Å². The third-order valence-electron chi connectivity index (χ3n) is 18.3. The molecule has 0 aliphatic heterocycles. The Balaban J connectivity index is 5.24. The number of unbranched alkanes of at least 4 members (excludes halogenated alkanes) is 50. The van der Waals surface area contributed by atoms with Crippen LogP contribution in [-0.4, -0.2) is 96.7 Å². The quantitative estimate of drug-likeness (QED) is 0.0222. The largest absolute Gasteiger partial charge is 0.472 e. The molecule has 5 atom stereocenters. The minimum atomic E-state index is -4.96. The Morgan fingerprint density at radius 3 is 0.701 bits per heavy atom. The van der Waals surface area contributed by atoms with E-state index in [2.05, 4.69) is 34.6 Å². The van der Waals surface area contributed by atoms with E-state index in [1.54, 1.807) is 0 Å². The third kappa shape index (κ3) is 72.2. The van der Waals surface area contributed by atoms with Crippen molar-refractivity contribution in [2.24, 2.45) is 5.92 Å². The first-order valence-corrected chi connectivity index (χ1v) is 43.6. The lowest BCUT2D eigenvalue weighted by atomic mass is 10.0. The number of esters is 4. The van der Waals surface area contributed by atoms with Crippen molar-refractivity contribution in [3.8, 4) is 0 Å². The molecule has 576 valence electrons. The standard InChI is InChI=1S/C78H152O17P2/c1-6-9-12-15-18-21-24-27-29-30-31-32-33-35-38-43-48-53-58-63-77(82)94-73(67-89-76(81)62-57-52-47-42-37-34-28-25-22-19-16-13-10-7-2)69-92-96(84,85)90-65-72(79)66-91-97(86,87)93-70-74(95-78(83)64-59-54-49-44-39-40-45-50-55-60-71(4)5)68-88-75(80)61-56-51-46-41-36-26-23-20-17-14-11-8-3/h71-74,79H,6-70H2,1-5H3,(H,84,85)(H,86,87)/t72-,73-,74-/m1/s1. The van der Waals surface area contributed by atoms with Crippen molar-refractivity contribution >= 4 is 39.5 Å². The Hall–Kier alpha value is -1.94. The second-order valence-electron chi connectivity index (χ2n) is 28.6. The van der Waals surface area contributed by atoms with Gasteiger partial charge in [0.2, 0.25) is 0 Å². The number of carbonyl (C=O) groups excluding carboxylic acids is 4. The summed E-state index contributed by atoms with van der Waals surface area (Å²) in [4.78, 5) is 72.9. The summed E-state index contributed by atoms with van der Waals surface area (Å²) >= 11 is 0. The number of aliphatic hydroxyl groups excluding tert-OH is 1. The number of ether oxygens (including phenoxy) is 4. The molecule has 2 unspecified atom stereocenters. The topological polar surface area (TPSA) is 237 Å². The fraction of sp³-hybridized carbons (Fsp3) is 0.949. The average molecular weight is 1420 g/mol. The van der Waals surface area contributed by atoms with Crippen molar-refractivity contribution < 1.29 is 80.2 Å². The SMILES string of the molecule is CCCCCCCCCCCCCCCCCCCCCC(=O)O[C@H](COC(=O)CCCCCCCCCCCCCCCC)COP(=O)(O)OC[C@@H](O)COP(=O)(O)OC[C@@H](COC(=O)CCCCCCCCCCCCCC)OC(=O)CCCCCCCCCCCC(C)C. The van der Waals surface area contributed by atoms with Gasteiger partial charge in [-0.2, -0.15) is 0 Å². The molecular formula is C78H152O17P2. The van der Waals surface area contributed by atoms with Crippen molar-refractivity contribution in [3.63, 3.8) is 0 Å². The van der Waals surface area contributed by atoms with E-state index in [1.165, 1.54) is 238 Å². The van der Waals surface area contributed by atoms with Gasteiger partial charge in [0.15, 0.2) is 12.2 Å². The van der Waals surface area contributed by atoms with E-state index in [-0.39, 0.29) is 25.7 Å². The molecule has 0 amide bonds. The van der Waals surface area contributed by atoms with Crippen LogP contribution in [0.3, 0.4) is 0 Å². The normalized spacial score (nSPS) is 13.9. The maximum absolute atomic E-state index is 13.1. The molecule has 0 saturated carbocycles. The molecule has 0 fully saturated rings. The van der Waals surface area contributed by atoms with Gasteiger partial charge in [0.1, 0.15) is 19.3 Å². The molecule has 0 aliphatic rings. The Kier molecular flexibility index (Phi) is 69.6. The summed E-state index contributed by atoms with van der Waals surface area (Å²) < 4.78 is 68.6. The van der Waals surface area contributed by atoms with Crippen LogP contribution in [0.5, 0.6) is 0 Å². The summed E-state index contributed by atoms with van der Waals surface area (Å²) in [7, 11) is -9.91. The lowest BCUT2D eigenvalue weighted by molar-refractivity contribution is -0.161.